The fourth-order valence-electron chi connectivity index (χ4n) is 2.71. The normalized spacial score (nSPS) is 11.6. The fourth-order valence-corrected chi connectivity index (χ4v) is 4.53. The summed E-state index contributed by atoms with van der Waals surface area (Å²) in [5, 5.41) is 8.36. The molecule has 28 heavy (non-hydrogen) atoms. The fraction of sp³-hybridized carbons (Fsp3) is 0.263. The number of hydrogen-bond donors (Lipinski definition) is 0. The van der Waals surface area contributed by atoms with E-state index < -0.39 is 7.60 Å². The van der Waals surface area contributed by atoms with Gasteiger partial charge in [-0.05, 0) is 62.4 Å². The number of benzene rings is 2. The summed E-state index contributed by atoms with van der Waals surface area (Å²) in [5.41, 5.74) is 1.65. The van der Waals surface area contributed by atoms with E-state index in [0.29, 0.717) is 22.7 Å². The Bertz CT molecular complexity index is 964. The second-order valence-electron chi connectivity index (χ2n) is 5.71. The van der Waals surface area contributed by atoms with Crippen LogP contribution in [0.4, 0.5) is 4.39 Å². The van der Waals surface area contributed by atoms with E-state index in [1.165, 1.54) is 16.8 Å². The molecule has 0 saturated heterocycles. The lowest BCUT2D eigenvalue weighted by atomic mass is 10.2. The topological polar surface area (TPSA) is 75.5 Å². The SMILES string of the molecule is CCOP(=O)(OCC)c1c(-c2ccc(F)cc2)nnn1-c1ccc(OC)cc1. The molecule has 0 atom stereocenters. The number of aromatic nitrogens is 3. The van der Waals surface area contributed by atoms with Gasteiger partial charge in [-0.2, -0.15) is 0 Å². The first kappa shape index (κ1) is 20.2. The predicted molar refractivity (Wildman–Crippen MR) is 104 cm³/mol. The Kier molecular flexibility index (Phi) is 6.24. The van der Waals surface area contributed by atoms with Gasteiger partial charge >= 0.3 is 7.60 Å². The maximum atomic E-state index is 13.6. The number of ether oxygens (including phenoxy) is 1. The Morgan fingerprint density at radius 3 is 2.14 bits per heavy atom. The summed E-state index contributed by atoms with van der Waals surface area (Å²) >= 11 is 0. The van der Waals surface area contributed by atoms with E-state index in [1.807, 2.05) is 0 Å². The lowest BCUT2D eigenvalue weighted by molar-refractivity contribution is 0.229. The third-order valence-electron chi connectivity index (χ3n) is 3.94. The van der Waals surface area contributed by atoms with E-state index in [9.17, 15) is 8.96 Å². The zero-order valence-electron chi connectivity index (χ0n) is 15.8. The number of halogens is 1. The van der Waals surface area contributed by atoms with E-state index in [-0.39, 0.29) is 24.5 Å². The van der Waals surface area contributed by atoms with Crippen LogP contribution in [-0.2, 0) is 13.6 Å². The summed E-state index contributed by atoms with van der Waals surface area (Å²) in [4.78, 5) is 0. The van der Waals surface area contributed by atoms with Crippen molar-refractivity contribution in [3.63, 3.8) is 0 Å². The predicted octanol–water partition coefficient (Wildman–Crippen LogP) is 3.97. The van der Waals surface area contributed by atoms with Crippen LogP contribution in [-0.4, -0.2) is 35.3 Å². The molecule has 1 heterocycles. The number of methoxy groups -OCH3 is 1. The Morgan fingerprint density at radius 1 is 1.00 bits per heavy atom. The quantitative estimate of drug-likeness (QED) is 0.528. The highest BCUT2D eigenvalue weighted by Crippen LogP contribution is 2.49. The highest BCUT2D eigenvalue weighted by Gasteiger charge is 2.36. The van der Waals surface area contributed by atoms with Crippen LogP contribution in [0.1, 0.15) is 13.8 Å². The molecule has 0 amide bonds. The standard InChI is InChI=1S/C19H21FN3O4P/c1-4-26-28(24,27-5-2)19-18(14-6-8-15(20)9-7-14)21-22-23(19)16-10-12-17(25-3)13-11-16/h6-13H,4-5H2,1-3H3. The second kappa shape index (κ2) is 8.65. The van der Waals surface area contributed by atoms with Crippen molar-refractivity contribution in [3.05, 3.63) is 54.3 Å². The third-order valence-corrected chi connectivity index (χ3v) is 6.06. The molecule has 0 radical (unpaired) electrons. The van der Waals surface area contributed by atoms with Gasteiger partial charge in [0.05, 0.1) is 26.0 Å². The maximum absolute atomic E-state index is 13.6. The van der Waals surface area contributed by atoms with Crippen molar-refractivity contribution in [2.75, 3.05) is 20.3 Å². The Morgan fingerprint density at radius 2 is 1.61 bits per heavy atom. The van der Waals surface area contributed by atoms with Gasteiger partial charge in [-0.3, -0.25) is 4.57 Å². The minimum atomic E-state index is -3.75. The van der Waals surface area contributed by atoms with Gasteiger partial charge in [0.25, 0.3) is 0 Å². The average Bonchev–Trinajstić information content (AvgIpc) is 3.15. The lowest BCUT2D eigenvalue weighted by Crippen LogP contribution is -2.22. The van der Waals surface area contributed by atoms with Gasteiger partial charge in [-0.15, -0.1) is 5.10 Å². The molecule has 0 bridgehead atoms. The molecule has 3 rings (SSSR count). The van der Waals surface area contributed by atoms with Crippen LogP contribution in [0.3, 0.4) is 0 Å². The maximum Gasteiger partial charge on any atom is 0.382 e. The largest absolute Gasteiger partial charge is 0.497 e. The first-order chi connectivity index (χ1) is 13.5. The van der Waals surface area contributed by atoms with Gasteiger partial charge < -0.3 is 13.8 Å². The molecule has 1 aromatic heterocycles. The summed E-state index contributed by atoms with van der Waals surface area (Å²) in [6.45, 7) is 3.80. The van der Waals surface area contributed by atoms with Gasteiger partial charge in [0.15, 0.2) is 5.44 Å². The molecule has 0 unspecified atom stereocenters. The Labute approximate surface area is 162 Å². The molecule has 0 aliphatic rings. The van der Waals surface area contributed by atoms with Crippen molar-refractivity contribution in [2.24, 2.45) is 0 Å². The van der Waals surface area contributed by atoms with E-state index in [1.54, 1.807) is 57.4 Å². The molecule has 148 valence electrons. The zero-order valence-corrected chi connectivity index (χ0v) is 16.7. The molecule has 2 aromatic carbocycles. The van der Waals surface area contributed by atoms with E-state index in [0.717, 1.165) is 0 Å². The highest BCUT2D eigenvalue weighted by molar-refractivity contribution is 7.62. The van der Waals surface area contributed by atoms with Crippen molar-refractivity contribution in [2.45, 2.75) is 13.8 Å². The first-order valence-electron chi connectivity index (χ1n) is 8.78. The van der Waals surface area contributed by atoms with Crippen LogP contribution in [0.5, 0.6) is 5.75 Å². The van der Waals surface area contributed by atoms with Crippen molar-refractivity contribution >= 4 is 13.0 Å². The molecule has 0 spiro atoms. The molecular formula is C19H21FN3O4P. The average molecular weight is 405 g/mol. The van der Waals surface area contributed by atoms with Crippen molar-refractivity contribution < 1.29 is 22.7 Å². The van der Waals surface area contributed by atoms with E-state index in [4.69, 9.17) is 13.8 Å². The lowest BCUT2D eigenvalue weighted by Gasteiger charge is -2.19. The molecule has 3 aromatic rings. The zero-order chi connectivity index (χ0) is 20.1. The summed E-state index contributed by atoms with van der Waals surface area (Å²) in [7, 11) is -2.18. The minimum Gasteiger partial charge on any atom is -0.497 e. The van der Waals surface area contributed by atoms with Crippen molar-refractivity contribution in [3.8, 4) is 22.7 Å². The Hall–Kier alpha value is -2.54. The van der Waals surface area contributed by atoms with Crippen LogP contribution in [0.25, 0.3) is 16.9 Å². The number of rotatable bonds is 8. The number of hydrogen-bond acceptors (Lipinski definition) is 6. The summed E-state index contributed by atoms with van der Waals surface area (Å²) in [6.07, 6.45) is 0. The highest BCUT2D eigenvalue weighted by atomic mass is 31.2. The van der Waals surface area contributed by atoms with Crippen molar-refractivity contribution in [1.29, 1.82) is 0 Å². The monoisotopic (exact) mass is 405 g/mol. The molecule has 0 fully saturated rings. The van der Waals surface area contributed by atoms with Crippen LogP contribution in [0, 0.1) is 5.82 Å². The molecular weight excluding hydrogens is 384 g/mol. The van der Waals surface area contributed by atoms with Gasteiger partial charge in [0.1, 0.15) is 17.3 Å². The van der Waals surface area contributed by atoms with Gasteiger partial charge in [-0.1, -0.05) is 5.21 Å². The Balaban J connectivity index is 2.22. The molecule has 0 saturated carbocycles. The first-order valence-corrected chi connectivity index (χ1v) is 10.3. The van der Waals surface area contributed by atoms with E-state index >= 15 is 0 Å². The van der Waals surface area contributed by atoms with Crippen LogP contribution >= 0.6 is 7.60 Å². The molecule has 0 aliphatic carbocycles. The van der Waals surface area contributed by atoms with Crippen LogP contribution < -0.4 is 10.2 Å². The molecule has 0 aliphatic heterocycles. The smallest absolute Gasteiger partial charge is 0.382 e. The van der Waals surface area contributed by atoms with E-state index in [2.05, 4.69) is 10.3 Å². The summed E-state index contributed by atoms with van der Waals surface area (Å²) < 4.78 is 44.7. The number of nitrogens with zero attached hydrogens (tertiary/aromatic N) is 3. The van der Waals surface area contributed by atoms with Gasteiger partial charge in [0, 0.05) is 5.56 Å². The summed E-state index contributed by atoms with van der Waals surface area (Å²) in [6, 6.07) is 12.7. The minimum absolute atomic E-state index is 0.175. The molecule has 9 heteroatoms. The van der Waals surface area contributed by atoms with Crippen molar-refractivity contribution in [1.82, 2.24) is 15.0 Å². The second-order valence-corrected chi connectivity index (χ2v) is 7.65. The summed E-state index contributed by atoms with van der Waals surface area (Å²) in [5.74, 6) is 0.285. The molecule has 0 N–H and O–H groups in total. The van der Waals surface area contributed by atoms with Crippen LogP contribution in [0.2, 0.25) is 0 Å². The molecule has 7 nitrogen and oxygen atoms in total. The van der Waals surface area contributed by atoms with Gasteiger partial charge in [0.2, 0.25) is 0 Å². The third kappa shape index (κ3) is 3.99. The van der Waals surface area contributed by atoms with Crippen LogP contribution in [0.15, 0.2) is 48.5 Å². The van der Waals surface area contributed by atoms with Gasteiger partial charge in [-0.25, -0.2) is 9.07 Å².